The van der Waals surface area contributed by atoms with Crippen LogP contribution >= 0.6 is 0 Å². The molecule has 0 spiro atoms. The monoisotopic (exact) mass is 319 g/mol. The number of hydrogen-bond acceptors (Lipinski definition) is 2. The number of carbonyl (C=O) groups is 1. The Bertz CT molecular complexity index is 863. The zero-order valence-electron chi connectivity index (χ0n) is 14.2. The summed E-state index contributed by atoms with van der Waals surface area (Å²) in [5.74, 6) is 0.910. The number of aromatic nitrogens is 2. The Morgan fingerprint density at radius 3 is 2.46 bits per heavy atom. The summed E-state index contributed by atoms with van der Waals surface area (Å²) in [6, 6.07) is 14.0. The van der Waals surface area contributed by atoms with Crippen LogP contribution < -0.4 is 5.32 Å². The van der Waals surface area contributed by atoms with Crippen LogP contribution in [0.5, 0.6) is 0 Å². The van der Waals surface area contributed by atoms with Gasteiger partial charge in [-0.05, 0) is 50.1 Å². The van der Waals surface area contributed by atoms with E-state index in [-0.39, 0.29) is 5.91 Å². The molecule has 0 aliphatic heterocycles. The number of rotatable bonds is 4. The maximum absolute atomic E-state index is 12.3. The van der Waals surface area contributed by atoms with Crippen molar-refractivity contribution in [2.45, 2.75) is 27.3 Å². The second-order valence-electron chi connectivity index (χ2n) is 6.01. The topological polar surface area (TPSA) is 46.9 Å². The SMILES string of the molecule is Cc1ccc(C(=O)NCc2ccc(-n3ccnc3C)cc2)c(C)c1. The maximum Gasteiger partial charge on any atom is 0.251 e. The molecule has 1 N–H and O–H groups in total. The van der Waals surface area contributed by atoms with Gasteiger partial charge in [0.1, 0.15) is 5.82 Å². The Kier molecular flexibility index (Phi) is 4.47. The fourth-order valence-electron chi connectivity index (χ4n) is 2.77. The molecule has 3 rings (SSSR count). The van der Waals surface area contributed by atoms with E-state index in [0.29, 0.717) is 6.54 Å². The minimum Gasteiger partial charge on any atom is -0.348 e. The first-order chi connectivity index (χ1) is 11.5. The van der Waals surface area contributed by atoms with Crippen molar-refractivity contribution in [3.8, 4) is 5.69 Å². The summed E-state index contributed by atoms with van der Waals surface area (Å²) in [7, 11) is 0. The molecule has 2 aromatic carbocycles. The molecule has 0 aliphatic carbocycles. The summed E-state index contributed by atoms with van der Waals surface area (Å²) in [4.78, 5) is 16.6. The Balaban J connectivity index is 1.66. The first-order valence-corrected chi connectivity index (χ1v) is 7.99. The van der Waals surface area contributed by atoms with Gasteiger partial charge in [-0.15, -0.1) is 0 Å². The number of amides is 1. The van der Waals surface area contributed by atoms with Crippen molar-refractivity contribution in [2.75, 3.05) is 0 Å². The Morgan fingerprint density at radius 1 is 1.08 bits per heavy atom. The summed E-state index contributed by atoms with van der Waals surface area (Å²) in [6.45, 7) is 6.47. The average Bonchev–Trinajstić information content (AvgIpc) is 2.99. The van der Waals surface area contributed by atoms with Gasteiger partial charge in [-0.3, -0.25) is 4.79 Å². The van der Waals surface area contributed by atoms with Gasteiger partial charge in [-0.1, -0.05) is 29.8 Å². The number of carbonyl (C=O) groups excluding carboxylic acids is 1. The molecule has 0 unspecified atom stereocenters. The van der Waals surface area contributed by atoms with Crippen molar-refractivity contribution < 1.29 is 4.79 Å². The largest absolute Gasteiger partial charge is 0.348 e. The highest BCUT2D eigenvalue weighted by molar-refractivity contribution is 5.95. The van der Waals surface area contributed by atoms with Gasteiger partial charge < -0.3 is 9.88 Å². The lowest BCUT2D eigenvalue weighted by Gasteiger charge is -2.10. The van der Waals surface area contributed by atoms with Gasteiger partial charge in [0.05, 0.1) is 0 Å². The van der Waals surface area contributed by atoms with E-state index in [1.165, 1.54) is 0 Å². The van der Waals surface area contributed by atoms with E-state index in [1.807, 2.05) is 74.0 Å². The third-order valence-electron chi connectivity index (χ3n) is 4.12. The fourth-order valence-corrected chi connectivity index (χ4v) is 2.77. The first kappa shape index (κ1) is 16.0. The summed E-state index contributed by atoms with van der Waals surface area (Å²) in [5, 5.41) is 2.98. The Morgan fingerprint density at radius 2 is 1.83 bits per heavy atom. The van der Waals surface area contributed by atoms with E-state index in [9.17, 15) is 4.79 Å². The Labute approximate surface area is 142 Å². The van der Waals surface area contributed by atoms with Gasteiger partial charge in [-0.25, -0.2) is 4.98 Å². The number of nitrogens with one attached hydrogen (secondary N) is 1. The first-order valence-electron chi connectivity index (χ1n) is 7.99. The van der Waals surface area contributed by atoms with E-state index in [0.717, 1.165) is 33.8 Å². The summed E-state index contributed by atoms with van der Waals surface area (Å²) < 4.78 is 2.03. The van der Waals surface area contributed by atoms with Crippen LogP contribution in [0.2, 0.25) is 0 Å². The molecule has 4 nitrogen and oxygen atoms in total. The van der Waals surface area contributed by atoms with E-state index < -0.39 is 0 Å². The van der Waals surface area contributed by atoms with Crippen LogP contribution in [0.1, 0.15) is 32.9 Å². The third-order valence-corrected chi connectivity index (χ3v) is 4.12. The highest BCUT2D eigenvalue weighted by Gasteiger charge is 2.08. The van der Waals surface area contributed by atoms with Crippen LogP contribution in [0.3, 0.4) is 0 Å². The number of hydrogen-bond donors (Lipinski definition) is 1. The van der Waals surface area contributed by atoms with Crippen molar-refractivity contribution in [3.05, 3.63) is 82.9 Å². The number of imidazole rings is 1. The minimum atomic E-state index is -0.0398. The molecular formula is C20H21N3O. The molecule has 4 heteroatoms. The quantitative estimate of drug-likeness (QED) is 0.796. The molecule has 1 aromatic heterocycles. The molecule has 0 saturated heterocycles. The lowest BCUT2D eigenvalue weighted by atomic mass is 10.1. The molecule has 0 saturated carbocycles. The fraction of sp³-hybridized carbons (Fsp3) is 0.200. The van der Waals surface area contributed by atoms with Gasteiger partial charge in [0, 0.05) is 30.2 Å². The van der Waals surface area contributed by atoms with Crippen LogP contribution in [-0.4, -0.2) is 15.5 Å². The molecular weight excluding hydrogens is 298 g/mol. The van der Waals surface area contributed by atoms with Gasteiger partial charge >= 0.3 is 0 Å². The second kappa shape index (κ2) is 6.71. The molecule has 1 amide bonds. The third kappa shape index (κ3) is 3.38. The van der Waals surface area contributed by atoms with Crippen molar-refractivity contribution in [2.24, 2.45) is 0 Å². The number of aryl methyl sites for hydroxylation is 3. The van der Waals surface area contributed by atoms with Crippen LogP contribution in [-0.2, 0) is 6.54 Å². The van der Waals surface area contributed by atoms with Gasteiger partial charge in [0.15, 0.2) is 0 Å². The van der Waals surface area contributed by atoms with Gasteiger partial charge in [-0.2, -0.15) is 0 Å². The van der Waals surface area contributed by atoms with Gasteiger partial charge in [0.25, 0.3) is 5.91 Å². The molecule has 3 aromatic rings. The zero-order valence-corrected chi connectivity index (χ0v) is 14.2. The van der Waals surface area contributed by atoms with Crippen molar-refractivity contribution >= 4 is 5.91 Å². The average molecular weight is 319 g/mol. The highest BCUT2D eigenvalue weighted by atomic mass is 16.1. The smallest absolute Gasteiger partial charge is 0.251 e. The highest BCUT2D eigenvalue weighted by Crippen LogP contribution is 2.13. The zero-order chi connectivity index (χ0) is 17.1. The second-order valence-corrected chi connectivity index (χ2v) is 6.01. The summed E-state index contributed by atoms with van der Waals surface area (Å²) in [5.41, 5.74) is 5.02. The molecule has 122 valence electrons. The summed E-state index contributed by atoms with van der Waals surface area (Å²) in [6.07, 6.45) is 3.72. The van der Waals surface area contributed by atoms with E-state index in [2.05, 4.69) is 10.3 Å². The number of nitrogens with zero attached hydrogens (tertiary/aromatic N) is 2. The lowest BCUT2D eigenvalue weighted by Crippen LogP contribution is -2.23. The molecule has 24 heavy (non-hydrogen) atoms. The van der Waals surface area contributed by atoms with Crippen LogP contribution in [0, 0.1) is 20.8 Å². The van der Waals surface area contributed by atoms with Crippen molar-refractivity contribution in [1.82, 2.24) is 14.9 Å². The van der Waals surface area contributed by atoms with Crippen molar-refractivity contribution in [1.29, 1.82) is 0 Å². The van der Waals surface area contributed by atoms with Crippen LogP contribution in [0.4, 0.5) is 0 Å². The van der Waals surface area contributed by atoms with E-state index in [1.54, 1.807) is 6.20 Å². The number of benzene rings is 2. The maximum atomic E-state index is 12.3. The predicted molar refractivity (Wildman–Crippen MR) is 95.4 cm³/mol. The predicted octanol–water partition coefficient (Wildman–Crippen LogP) is 3.73. The van der Waals surface area contributed by atoms with Crippen molar-refractivity contribution in [3.63, 3.8) is 0 Å². The normalized spacial score (nSPS) is 10.6. The molecule has 0 radical (unpaired) electrons. The lowest BCUT2D eigenvalue weighted by molar-refractivity contribution is 0.0950. The van der Waals surface area contributed by atoms with E-state index >= 15 is 0 Å². The van der Waals surface area contributed by atoms with Gasteiger partial charge in [0.2, 0.25) is 0 Å². The standard InChI is InChI=1S/C20H21N3O/c1-14-4-9-19(15(2)12-14)20(24)22-13-17-5-7-18(8-6-17)23-11-10-21-16(23)3/h4-12H,13H2,1-3H3,(H,22,24). The molecule has 0 atom stereocenters. The molecule has 0 bridgehead atoms. The minimum absolute atomic E-state index is 0.0398. The van der Waals surface area contributed by atoms with Crippen LogP contribution in [0.25, 0.3) is 5.69 Å². The van der Waals surface area contributed by atoms with E-state index in [4.69, 9.17) is 0 Å². The molecule has 0 aliphatic rings. The molecule has 0 fully saturated rings. The van der Waals surface area contributed by atoms with Crippen LogP contribution in [0.15, 0.2) is 54.9 Å². The summed E-state index contributed by atoms with van der Waals surface area (Å²) >= 11 is 0. The molecule has 1 heterocycles. The Hall–Kier alpha value is -2.88.